The number of carbonyl (C=O) groups is 3. The number of amides is 2. The van der Waals surface area contributed by atoms with Gasteiger partial charge >= 0.3 is 12.1 Å². The van der Waals surface area contributed by atoms with Crippen molar-refractivity contribution in [2.24, 2.45) is 11.3 Å². The van der Waals surface area contributed by atoms with Crippen LogP contribution in [0.25, 0.3) is 0 Å². The van der Waals surface area contributed by atoms with Crippen LogP contribution in [0.2, 0.25) is 0 Å². The second-order valence-corrected chi connectivity index (χ2v) is 13.8. The van der Waals surface area contributed by atoms with E-state index in [0.29, 0.717) is 17.1 Å². The van der Waals surface area contributed by atoms with Gasteiger partial charge in [0.1, 0.15) is 12.6 Å². The molecule has 2 amide bonds. The maximum absolute atomic E-state index is 14.0. The first-order valence-corrected chi connectivity index (χ1v) is 15.5. The van der Waals surface area contributed by atoms with Crippen molar-refractivity contribution in [1.29, 1.82) is 0 Å². The summed E-state index contributed by atoms with van der Waals surface area (Å²) in [5.41, 5.74) is 8.46. The lowest BCUT2D eigenvalue weighted by atomic mass is 9.75. The molecule has 0 heterocycles. The van der Waals surface area contributed by atoms with E-state index >= 15 is 0 Å². The second kappa shape index (κ2) is 15.8. The molecule has 0 spiro atoms. The van der Waals surface area contributed by atoms with Gasteiger partial charge in [0.25, 0.3) is 0 Å². The molecule has 0 radical (unpaired) electrons. The number of aliphatic carboxylic acids is 1. The van der Waals surface area contributed by atoms with Crippen LogP contribution in [0.15, 0.2) is 72.5 Å². The number of anilines is 2. The van der Waals surface area contributed by atoms with E-state index in [9.17, 15) is 19.5 Å². The zero-order valence-electron chi connectivity index (χ0n) is 29.0. The molecule has 0 aliphatic heterocycles. The summed E-state index contributed by atoms with van der Waals surface area (Å²) in [6.07, 6.45) is 1.06. The number of hydrogen-bond acceptors (Lipinski definition) is 7. The topological polar surface area (TPSA) is 146 Å². The van der Waals surface area contributed by atoms with E-state index in [1.807, 2.05) is 59.9 Å². The maximum atomic E-state index is 14.0. The minimum atomic E-state index is -1.02. The fraction of sp³-hybridized carbons (Fsp3) is 0.472. The molecule has 2 rings (SSSR count). The summed E-state index contributed by atoms with van der Waals surface area (Å²) in [7, 11) is 3.55. The summed E-state index contributed by atoms with van der Waals surface area (Å²) >= 11 is 0. The number of carboxylic acids is 1. The first-order valence-electron chi connectivity index (χ1n) is 15.5. The smallest absolute Gasteiger partial charge is 0.411 e. The highest BCUT2D eigenvalue weighted by atomic mass is 16.5. The number of carbonyl (C=O) groups excluding carboxylic acids is 2. The molecule has 10 nitrogen and oxygen atoms in total. The molecule has 1 unspecified atom stereocenters. The summed E-state index contributed by atoms with van der Waals surface area (Å²) in [5, 5.41) is 19.1. The van der Waals surface area contributed by atoms with Gasteiger partial charge in [0.2, 0.25) is 5.91 Å². The number of nitrogen functional groups attached to an aromatic ring is 1. The van der Waals surface area contributed by atoms with E-state index in [2.05, 4.69) is 36.4 Å². The van der Waals surface area contributed by atoms with Crippen molar-refractivity contribution in [2.75, 3.05) is 25.1 Å². The molecule has 10 heteroatoms. The van der Waals surface area contributed by atoms with E-state index < -0.39 is 35.0 Å². The average Bonchev–Trinajstić information content (AvgIpc) is 2.97. The SMILES string of the molecule is C=C(NC(C(=O)N(C)[C@H](/C=C(\C)C(=O)O)C(C)C)C(C)(C)C)[C@@H](NC)C(C)(C)c1cccc(NC(=O)OCc2ccc(N)cc2)c1. The van der Waals surface area contributed by atoms with Gasteiger partial charge in [-0.2, -0.15) is 0 Å². The van der Waals surface area contributed by atoms with Crippen LogP contribution in [0.1, 0.15) is 66.5 Å². The third-order valence-electron chi connectivity index (χ3n) is 8.24. The molecule has 0 bridgehead atoms. The molecular weight excluding hydrogens is 582 g/mol. The molecule has 0 aliphatic rings. The largest absolute Gasteiger partial charge is 0.478 e. The van der Waals surface area contributed by atoms with Gasteiger partial charge in [0.05, 0.1) is 12.1 Å². The minimum Gasteiger partial charge on any atom is -0.478 e. The van der Waals surface area contributed by atoms with Crippen LogP contribution in [-0.4, -0.2) is 60.2 Å². The Balaban J connectivity index is 2.26. The molecule has 0 fully saturated rings. The molecule has 0 saturated heterocycles. The van der Waals surface area contributed by atoms with Crippen LogP contribution >= 0.6 is 0 Å². The summed E-state index contributed by atoms with van der Waals surface area (Å²) in [6, 6.07) is 13.3. The summed E-state index contributed by atoms with van der Waals surface area (Å²) < 4.78 is 5.39. The molecular formula is C36H53N5O5. The molecule has 0 aromatic heterocycles. The third kappa shape index (κ3) is 10.1. The van der Waals surface area contributed by atoms with E-state index in [-0.39, 0.29) is 30.0 Å². The zero-order valence-corrected chi connectivity index (χ0v) is 29.0. The highest BCUT2D eigenvalue weighted by Crippen LogP contribution is 2.33. The van der Waals surface area contributed by atoms with Crippen LogP contribution < -0.4 is 21.7 Å². The predicted octanol–water partition coefficient (Wildman–Crippen LogP) is 5.92. The van der Waals surface area contributed by atoms with Crippen LogP contribution in [0, 0.1) is 11.3 Å². The van der Waals surface area contributed by atoms with Gasteiger partial charge in [0, 0.05) is 35.1 Å². The number of hydrogen-bond donors (Lipinski definition) is 5. The first kappa shape index (κ1) is 37.9. The first-order chi connectivity index (χ1) is 21.3. The number of carboxylic acid groups (broad SMARTS) is 1. The minimum absolute atomic E-state index is 0.00747. The Morgan fingerprint density at radius 2 is 1.65 bits per heavy atom. The molecule has 6 N–H and O–H groups in total. The standard InChI is InChI=1S/C36H53N5O5/c1-22(2)29(19-23(3)33(43)44)41(11)32(42)31(35(5,6)7)39-24(4)30(38-10)36(8,9)26-13-12-14-28(20-26)40-34(45)46-21-25-15-17-27(37)18-16-25/h12-20,22,29-31,38-39H,4,21,37H2,1-3,5-11H3,(H,40,45)(H,43,44)/b23-19+/t29-,30-,31?/m1/s1. The van der Waals surface area contributed by atoms with E-state index in [1.54, 1.807) is 48.4 Å². The lowest BCUT2D eigenvalue weighted by Gasteiger charge is -2.42. The molecule has 0 aliphatic carbocycles. The molecule has 2 aromatic rings. The second-order valence-electron chi connectivity index (χ2n) is 13.8. The highest BCUT2D eigenvalue weighted by molar-refractivity contribution is 5.87. The van der Waals surface area contributed by atoms with Crippen LogP contribution in [0.4, 0.5) is 16.2 Å². The van der Waals surface area contributed by atoms with Gasteiger partial charge in [0.15, 0.2) is 0 Å². The monoisotopic (exact) mass is 635 g/mol. The lowest BCUT2D eigenvalue weighted by Crippen LogP contribution is -2.57. The van der Waals surface area contributed by atoms with E-state index in [0.717, 1.165) is 11.1 Å². The number of nitrogens with one attached hydrogen (secondary N) is 3. The maximum Gasteiger partial charge on any atom is 0.411 e. The van der Waals surface area contributed by atoms with Crippen molar-refractivity contribution in [2.45, 2.75) is 85.5 Å². The Hall–Kier alpha value is -4.31. The van der Waals surface area contributed by atoms with Gasteiger partial charge in [-0.3, -0.25) is 10.1 Å². The van der Waals surface area contributed by atoms with Crippen molar-refractivity contribution in [1.82, 2.24) is 15.5 Å². The van der Waals surface area contributed by atoms with E-state index in [1.165, 1.54) is 6.92 Å². The van der Waals surface area contributed by atoms with Crippen molar-refractivity contribution < 1.29 is 24.2 Å². The van der Waals surface area contributed by atoms with Crippen molar-refractivity contribution >= 4 is 29.3 Å². The van der Waals surface area contributed by atoms with Gasteiger partial charge < -0.3 is 31.1 Å². The number of rotatable bonds is 14. The van der Waals surface area contributed by atoms with Gasteiger partial charge in [-0.25, -0.2) is 9.59 Å². The number of benzene rings is 2. The number of likely N-dealkylation sites (N-methyl/N-ethyl adjacent to an activating group) is 2. The molecule has 3 atom stereocenters. The zero-order chi connectivity index (χ0) is 35.0. The number of ether oxygens (including phenoxy) is 1. The summed E-state index contributed by atoms with van der Waals surface area (Å²) in [4.78, 5) is 39.8. The van der Waals surface area contributed by atoms with Crippen LogP contribution in [0.3, 0.4) is 0 Å². The van der Waals surface area contributed by atoms with Crippen molar-refractivity contribution in [3.8, 4) is 0 Å². The predicted molar refractivity (Wildman–Crippen MR) is 185 cm³/mol. The Morgan fingerprint density at radius 1 is 1.04 bits per heavy atom. The van der Waals surface area contributed by atoms with E-state index in [4.69, 9.17) is 10.5 Å². The molecule has 2 aromatic carbocycles. The quantitative estimate of drug-likeness (QED) is 0.127. The highest BCUT2D eigenvalue weighted by Gasteiger charge is 2.39. The van der Waals surface area contributed by atoms with Crippen LogP contribution in [-0.2, 0) is 26.3 Å². The number of nitrogens with zero attached hydrogens (tertiary/aromatic N) is 1. The van der Waals surface area contributed by atoms with Crippen LogP contribution in [0.5, 0.6) is 0 Å². The van der Waals surface area contributed by atoms with Gasteiger partial charge in [-0.1, -0.05) is 85.4 Å². The Labute approximate surface area is 274 Å². The third-order valence-corrected chi connectivity index (χ3v) is 8.24. The number of nitrogens with two attached hydrogens (primary N) is 1. The average molecular weight is 636 g/mol. The molecule has 252 valence electrons. The van der Waals surface area contributed by atoms with Gasteiger partial charge in [-0.05, 0) is 60.7 Å². The summed E-state index contributed by atoms with van der Waals surface area (Å²) in [6.45, 7) is 20.0. The Morgan fingerprint density at radius 3 is 2.17 bits per heavy atom. The Kier molecular flexibility index (Phi) is 13.0. The summed E-state index contributed by atoms with van der Waals surface area (Å²) in [5.74, 6) is -1.19. The fourth-order valence-electron chi connectivity index (χ4n) is 5.40. The van der Waals surface area contributed by atoms with Crippen molar-refractivity contribution in [3.63, 3.8) is 0 Å². The van der Waals surface area contributed by atoms with Crippen molar-refractivity contribution in [3.05, 3.63) is 83.6 Å². The van der Waals surface area contributed by atoms with Gasteiger partial charge in [-0.15, -0.1) is 0 Å². The molecule has 46 heavy (non-hydrogen) atoms. The molecule has 0 saturated carbocycles. The normalized spacial score (nSPS) is 14.2. The Bertz CT molecular complexity index is 1410. The lowest BCUT2D eigenvalue weighted by molar-refractivity contribution is -0.137. The fourth-order valence-corrected chi connectivity index (χ4v) is 5.40.